The zero-order valence-electron chi connectivity index (χ0n) is 22.9. The van der Waals surface area contributed by atoms with E-state index < -0.39 is 0 Å². The Morgan fingerprint density at radius 1 is 1.03 bits per heavy atom. The zero-order valence-corrected chi connectivity index (χ0v) is 22.9. The molecule has 36 heavy (non-hydrogen) atoms. The number of allylic oxidation sites excluding steroid dienone is 2. The lowest BCUT2D eigenvalue weighted by atomic mass is 10.1. The van der Waals surface area contributed by atoms with Crippen LogP contribution in [0.25, 0.3) is 27.7 Å². The molecule has 1 aliphatic carbocycles. The Morgan fingerprint density at radius 2 is 1.67 bits per heavy atom. The van der Waals surface area contributed by atoms with Crippen LogP contribution in [-0.4, -0.2) is 42.1 Å². The maximum absolute atomic E-state index is 8.00. The molecular weight excluding hydrogens is 448 g/mol. The van der Waals surface area contributed by atoms with Gasteiger partial charge in [0.25, 0.3) is 0 Å². The Hall–Kier alpha value is -3.87. The molecule has 0 saturated heterocycles. The predicted octanol–water partition coefficient (Wildman–Crippen LogP) is 6.71. The van der Waals surface area contributed by atoms with Crippen molar-refractivity contribution < 1.29 is 4.79 Å². The summed E-state index contributed by atoms with van der Waals surface area (Å²) in [6.07, 6.45) is 10.3. The summed E-state index contributed by atoms with van der Waals surface area (Å²) < 4.78 is 0. The number of aryl methyl sites for hydroxylation is 1. The van der Waals surface area contributed by atoms with Crippen molar-refractivity contribution in [3.8, 4) is 11.1 Å². The summed E-state index contributed by atoms with van der Waals surface area (Å²) in [4.78, 5) is 21.8. The number of carbonyl (C=O) groups excluding carboxylic acids is 1. The molecule has 3 aromatic rings. The number of nitrogens with zero attached hydrogens (tertiary/aromatic N) is 4. The molecule has 0 amide bonds. The molecule has 0 aliphatic heterocycles. The first kappa shape index (κ1) is 32.1. The second-order valence-corrected chi connectivity index (χ2v) is 7.47. The van der Waals surface area contributed by atoms with E-state index in [1.807, 2.05) is 72.0 Å². The maximum Gasteiger partial charge on any atom is 0.106 e. The van der Waals surface area contributed by atoms with Crippen LogP contribution in [0.2, 0.25) is 0 Å². The molecule has 1 aromatic carbocycles. The van der Waals surface area contributed by atoms with Gasteiger partial charge in [-0.15, -0.1) is 13.2 Å². The number of fused-ring (bicyclic) bond motifs is 1. The second-order valence-electron chi connectivity index (χ2n) is 7.47. The van der Waals surface area contributed by atoms with E-state index in [4.69, 9.17) is 9.78 Å². The van der Waals surface area contributed by atoms with Crippen LogP contribution < -0.4 is 10.7 Å². The van der Waals surface area contributed by atoms with E-state index >= 15 is 0 Å². The predicted molar refractivity (Wildman–Crippen MR) is 156 cm³/mol. The van der Waals surface area contributed by atoms with E-state index in [1.54, 1.807) is 19.5 Å². The van der Waals surface area contributed by atoms with Gasteiger partial charge in [-0.25, -0.2) is 4.98 Å². The number of carbonyl (C=O) groups is 1. The Labute approximate surface area is 216 Å². The van der Waals surface area contributed by atoms with Crippen molar-refractivity contribution in [2.75, 3.05) is 19.4 Å². The van der Waals surface area contributed by atoms with Gasteiger partial charge in [0.2, 0.25) is 0 Å². The van der Waals surface area contributed by atoms with Gasteiger partial charge in [0.05, 0.1) is 40.5 Å². The minimum atomic E-state index is 0.786. The van der Waals surface area contributed by atoms with Crippen molar-refractivity contribution in [3.63, 3.8) is 0 Å². The molecule has 7 nitrogen and oxygen atoms in total. The van der Waals surface area contributed by atoms with Gasteiger partial charge in [-0.1, -0.05) is 45.8 Å². The lowest BCUT2D eigenvalue weighted by Crippen LogP contribution is -1.98. The lowest BCUT2D eigenvalue weighted by Gasteiger charge is -2.09. The molecule has 7 heteroatoms. The summed E-state index contributed by atoms with van der Waals surface area (Å²) >= 11 is 0. The molecular formula is C29H42N6O. The summed E-state index contributed by atoms with van der Waals surface area (Å²) in [6.45, 7) is 18.2. The molecule has 0 unspecified atom stereocenters. The number of hydrogen-bond acceptors (Lipinski definition) is 7. The monoisotopic (exact) mass is 490 g/mol. The molecule has 2 N–H and O–H groups in total. The SMILES string of the molecule is C/C=C(\C=N/NC)c1cnc2ccc(-c3cnc(C)c(NC)c3)cc2n1.C=C.C=O.CC.CC1CC1. The number of aromatic nitrogens is 3. The minimum absolute atomic E-state index is 0.786. The van der Waals surface area contributed by atoms with E-state index in [1.165, 1.54) is 12.8 Å². The Balaban J connectivity index is 0.00000105. The largest absolute Gasteiger partial charge is 0.387 e. The van der Waals surface area contributed by atoms with Crippen LogP contribution in [0.4, 0.5) is 5.69 Å². The number of nitrogens with one attached hydrogen (secondary N) is 2. The highest BCUT2D eigenvalue weighted by Gasteiger charge is 2.12. The van der Waals surface area contributed by atoms with Gasteiger partial charge in [-0.3, -0.25) is 9.97 Å². The van der Waals surface area contributed by atoms with Crippen molar-refractivity contribution in [1.29, 1.82) is 0 Å². The number of hydrazone groups is 1. The Bertz CT molecular complexity index is 1100. The van der Waals surface area contributed by atoms with Crippen molar-refractivity contribution in [1.82, 2.24) is 20.4 Å². The summed E-state index contributed by atoms with van der Waals surface area (Å²) in [5.41, 5.74) is 10.2. The van der Waals surface area contributed by atoms with Crippen molar-refractivity contribution in [3.05, 3.63) is 67.3 Å². The van der Waals surface area contributed by atoms with Crippen LogP contribution in [0.15, 0.2) is 61.0 Å². The average Bonchev–Trinajstić information content (AvgIpc) is 3.74. The Kier molecular flexibility index (Phi) is 16.5. The van der Waals surface area contributed by atoms with Crippen molar-refractivity contribution in [2.45, 2.75) is 47.5 Å². The van der Waals surface area contributed by atoms with E-state index in [0.717, 1.165) is 50.7 Å². The third kappa shape index (κ3) is 10.2. The van der Waals surface area contributed by atoms with Gasteiger partial charge in [-0.05, 0) is 43.5 Å². The van der Waals surface area contributed by atoms with E-state index in [0.29, 0.717) is 0 Å². The first-order valence-electron chi connectivity index (χ1n) is 12.1. The van der Waals surface area contributed by atoms with Crippen molar-refractivity contribution >= 4 is 35.3 Å². The van der Waals surface area contributed by atoms with Crippen molar-refractivity contribution in [2.24, 2.45) is 11.0 Å². The number of pyridine rings is 1. The van der Waals surface area contributed by atoms with Gasteiger partial charge in [0.15, 0.2) is 0 Å². The van der Waals surface area contributed by atoms with Crippen LogP contribution in [0.5, 0.6) is 0 Å². The quantitative estimate of drug-likeness (QED) is 0.235. The summed E-state index contributed by atoms with van der Waals surface area (Å²) in [5, 5.41) is 7.24. The average molecular weight is 491 g/mol. The van der Waals surface area contributed by atoms with Crippen LogP contribution in [0.3, 0.4) is 0 Å². The fourth-order valence-corrected chi connectivity index (χ4v) is 2.86. The normalized spacial score (nSPS) is 11.9. The van der Waals surface area contributed by atoms with E-state index in [-0.39, 0.29) is 0 Å². The van der Waals surface area contributed by atoms with Gasteiger partial charge in [0.1, 0.15) is 6.79 Å². The van der Waals surface area contributed by atoms with Gasteiger partial charge >= 0.3 is 0 Å². The maximum atomic E-state index is 8.00. The number of hydrogen-bond donors (Lipinski definition) is 2. The minimum Gasteiger partial charge on any atom is -0.387 e. The molecule has 2 heterocycles. The number of anilines is 1. The molecule has 0 radical (unpaired) electrons. The molecule has 1 saturated carbocycles. The Morgan fingerprint density at radius 3 is 2.19 bits per heavy atom. The highest BCUT2D eigenvalue weighted by atomic mass is 16.1. The first-order valence-corrected chi connectivity index (χ1v) is 12.1. The molecule has 0 bridgehead atoms. The fraction of sp³-hybridized carbons (Fsp3) is 0.345. The molecule has 1 aliphatic rings. The third-order valence-electron chi connectivity index (χ3n) is 5.04. The summed E-state index contributed by atoms with van der Waals surface area (Å²) in [7, 11) is 3.66. The fourth-order valence-electron chi connectivity index (χ4n) is 2.86. The molecule has 2 aromatic heterocycles. The third-order valence-corrected chi connectivity index (χ3v) is 5.04. The standard InChI is InChI=1S/C20H22N6.C4H8.C2H6.C2H4.CH2O/c1-5-14(11-25-22-4)20-12-24-17-7-6-15(8-19(17)26-20)16-9-18(21-3)13(2)23-10-16;1-4-2-3-4;3*1-2/h5-12,21-22H,1-4H3;4H,2-3H2,1H3;1-2H3;1-2H2;1H2/b14-5+,25-11-;;;;. The number of rotatable bonds is 5. The molecule has 0 spiro atoms. The first-order chi connectivity index (χ1) is 17.5. The molecule has 1 fully saturated rings. The molecule has 4 rings (SSSR count). The lowest BCUT2D eigenvalue weighted by molar-refractivity contribution is -0.0979. The van der Waals surface area contributed by atoms with Crippen LogP contribution in [0.1, 0.15) is 51.9 Å². The van der Waals surface area contributed by atoms with Crippen LogP contribution >= 0.6 is 0 Å². The van der Waals surface area contributed by atoms with Gasteiger partial charge < -0.3 is 15.5 Å². The summed E-state index contributed by atoms with van der Waals surface area (Å²) in [5.74, 6) is 1.08. The van der Waals surface area contributed by atoms with Gasteiger partial charge in [-0.2, -0.15) is 5.10 Å². The van der Waals surface area contributed by atoms with E-state index in [2.05, 4.69) is 52.0 Å². The topological polar surface area (TPSA) is 92.2 Å². The molecule has 0 atom stereocenters. The van der Waals surface area contributed by atoms with E-state index in [9.17, 15) is 0 Å². The summed E-state index contributed by atoms with van der Waals surface area (Å²) in [6, 6.07) is 8.16. The highest BCUT2D eigenvalue weighted by Crippen LogP contribution is 2.27. The second kappa shape index (κ2) is 18.5. The molecule has 194 valence electrons. The van der Waals surface area contributed by atoms with Crippen LogP contribution in [0, 0.1) is 12.8 Å². The zero-order chi connectivity index (χ0) is 27.5. The smallest absolute Gasteiger partial charge is 0.106 e. The van der Waals surface area contributed by atoms with Crippen LogP contribution in [-0.2, 0) is 4.79 Å². The number of benzene rings is 1. The van der Waals surface area contributed by atoms with Gasteiger partial charge in [0, 0.05) is 31.4 Å². The highest BCUT2D eigenvalue weighted by molar-refractivity contribution is 6.09.